The van der Waals surface area contributed by atoms with Gasteiger partial charge in [-0.25, -0.2) is 4.79 Å². The molecule has 0 aliphatic carbocycles. The first-order chi connectivity index (χ1) is 8.58. The molecule has 0 spiro atoms. The van der Waals surface area contributed by atoms with Crippen molar-refractivity contribution in [3.05, 3.63) is 29.3 Å². The molecule has 5 nitrogen and oxygen atoms in total. The molecule has 0 unspecified atom stereocenters. The van der Waals surface area contributed by atoms with Crippen LogP contribution in [0.4, 0.5) is 0 Å². The number of carbonyl (C=O) groups excluding carboxylic acids is 1. The van der Waals surface area contributed by atoms with E-state index in [1.807, 2.05) is 0 Å². The summed E-state index contributed by atoms with van der Waals surface area (Å²) in [6.45, 7) is 2.17. The number of ether oxygens (including phenoxy) is 2. The maximum absolute atomic E-state index is 11.2. The molecule has 0 radical (unpaired) electrons. The molecule has 0 amide bonds. The summed E-state index contributed by atoms with van der Waals surface area (Å²) in [5.74, 6) is -0.545. The SMILES string of the molecule is CC(=O)/C(=C/c1ccc2c(c1)OCCO2)C(=O)O. The van der Waals surface area contributed by atoms with Gasteiger partial charge in [0, 0.05) is 0 Å². The minimum Gasteiger partial charge on any atom is -0.486 e. The Balaban J connectivity index is 2.36. The lowest BCUT2D eigenvalue weighted by Gasteiger charge is -2.18. The lowest BCUT2D eigenvalue weighted by Crippen LogP contribution is -2.15. The summed E-state index contributed by atoms with van der Waals surface area (Å²) in [6, 6.07) is 5.03. The van der Waals surface area contributed by atoms with Crippen molar-refractivity contribution in [2.45, 2.75) is 6.92 Å². The molecule has 2 rings (SSSR count). The van der Waals surface area contributed by atoms with E-state index in [4.69, 9.17) is 14.6 Å². The Morgan fingerprint density at radius 2 is 1.89 bits per heavy atom. The van der Waals surface area contributed by atoms with Gasteiger partial charge < -0.3 is 14.6 Å². The first-order valence-electron chi connectivity index (χ1n) is 5.43. The van der Waals surface area contributed by atoms with Gasteiger partial charge in [-0.05, 0) is 30.7 Å². The zero-order valence-corrected chi connectivity index (χ0v) is 9.80. The standard InChI is InChI=1S/C13H12O5/c1-8(14)10(13(15)16)6-9-2-3-11-12(7-9)18-5-4-17-11/h2-3,6-7H,4-5H2,1H3,(H,15,16)/b10-6-. The number of hydrogen-bond donors (Lipinski definition) is 1. The largest absolute Gasteiger partial charge is 0.486 e. The fourth-order valence-corrected chi connectivity index (χ4v) is 1.63. The number of Topliss-reactive ketones (excluding diaryl/α,β-unsaturated/α-hetero) is 1. The van der Waals surface area contributed by atoms with Crippen molar-refractivity contribution < 1.29 is 24.2 Å². The van der Waals surface area contributed by atoms with E-state index in [2.05, 4.69) is 0 Å². The van der Waals surface area contributed by atoms with Crippen LogP contribution in [0.25, 0.3) is 6.08 Å². The molecular formula is C13H12O5. The Labute approximate surface area is 104 Å². The van der Waals surface area contributed by atoms with Gasteiger partial charge in [-0.1, -0.05) is 6.07 Å². The lowest BCUT2D eigenvalue weighted by atomic mass is 10.1. The molecule has 0 saturated carbocycles. The number of hydrogen-bond acceptors (Lipinski definition) is 4. The van der Waals surface area contributed by atoms with Crippen LogP contribution in [0, 0.1) is 0 Å². The van der Waals surface area contributed by atoms with Crippen LogP contribution in [0.5, 0.6) is 11.5 Å². The summed E-state index contributed by atoms with van der Waals surface area (Å²) >= 11 is 0. The molecular weight excluding hydrogens is 236 g/mol. The van der Waals surface area contributed by atoms with E-state index < -0.39 is 11.8 Å². The number of aliphatic carboxylic acids is 1. The second-order valence-corrected chi connectivity index (χ2v) is 3.82. The average Bonchev–Trinajstić information content (AvgIpc) is 2.35. The normalized spacial score (nSPS) is 14.2. The summed E-state index contributed by atoms with van der Waals surface area (Å²) in [6.07, 6.45) is 1.32. The fraction of sp³-hybridized carbons (Fsp3) is 0.231. The molecule has 0 atom stereocenters. The summed E-state index contributed by atoms with van der Waals surface area (Å²) in [4.78, 5) is 22.1. The van der Waals surface area contributed by atoms with Gasteiger partial charge in [0.2, 0.25) is 0 Å². The zero-order chi connectivity index (χ0) is 13.1. The van der Waals surface area contributed by atoms with E-state index in [-0.39, 0.29) is 5.57 Å². The van der Waals surface area contributed by atoms with Gasteiger partial charge in [0.05, 0.1) is 0 Å². The first-order valence-corrected chi connectivity index (χ1v) is 5.43. The number of carbonyl (C=O) groups is 2. The average molecular weight is 248 g/mol. The molecule has 1 aromatic rings. The third-order valence-corrected chi connectivity index (χ3v) is 2.49. The van der Waals surface area contributed by atoms with E-state index in [0.717, 1.165) is 0 Å². The summed E-state index contributed by atoms with van der Waals surface area (Å²) in [5.41, 5.74) is 0.332. The summed E-state index contributed by atoms with van der Waals surface area (Å²) < 4.78 is 10.7. The van der Waals surface area contributed by atoms with Crippen molar-refractivity contribution in [2.24, 2.45) is 0 Å². The maximum atomic E-state index is 11.2. The third kappa shape index (κ3) is 2.51. The second-order valence-electron chi connectivity index (χ2n) is 3.82. The van der Waals surface area contributed by atoms with Crippen LogP contribution in [0.15, 0.2) is 23.8 Å². The highest BCUT2D eigenvalue weighted by atomic mass is 16.6. The number of carboxylic acid groups (broad SMARTS) is 1. The number of benzene rings is 1. The third-order valence-electron chi connectivity index (χ3n) is 2.49. The van der Waals surface area contributed by atoms with Gasteiger partial charge in [0.1, 0.15) is 18.8 Å². The molecule has 18 heavy (non-hydrogen) atoms. The Morgan fingerprint density at radius 3 is 2.50 bits per heavy atom. The van der Waals surface area contributed by atoms with Crippen molar-refractivity contribution in [3.8, 4) is 11.5 Å². The van der Waals surface area contributed by atoms with E-state index >= 15 is 0 Å². The molecule has 5 heteroatoms. The van der Waals surface area contributed by atoms with Crippen molar-refractivity contribution in [1.29, 1.82) is 0 Å². The molecule has 1 N–H and O–H groups in total. The van der Waals surface area contributed by atoms with Gasteiger partial charge in [0.15, 0.2) is 17.3 Å². The van der Waals surface area contributed by atoms with Gasteiger partial charge in [-0.2, -0.15) is 0 Å². The van der Waals surface area contributed by atoms with Gasteiger partial charge in [-0.3, -0.25) is 4.79 Å². The van der Waals surface area contributed by atoms with E-state index in [1.54, 1.807) is 18.2 Å². The van der Waals surface area contributed by atoms with Crippen LogP contribution in [0.2, 0.25) is 0 Å². The number of ketones is 1. The molecule has 0 saturated heterocycles. The maximum Gasteiger partial charge on any atom is 0.339 e. The highest BCUT2D eigenvalue weighted by molar-refractivity contribution is 6.19. The molecule has 94 valence electrons. The smallest absolute Gasteiger partial charge is 0.339 e. The summed E-state index contributed by atoms with van der Waals surface area (Å²) in [7, 11) is 0. The highest BCUT2D eigenvalue weighted by Gasteiger charge is 2.15. The van der Waals surface area contributed by atoms with Gasteiger partial charge >= 0.3 is 5.97 Å². The number of rotatable bonds is 3. The van der Waals surface area contributed by atoms with Crippen molar-refractivity contribution in [2.75, 3.05) is 13.2 Å². The molecule has 1 heterocycles. The van der Waals surface area contributed by atoms with Crippen molar-refractivity contribution >= 4 is 17.8 Å². The number of carboxylic acids is 1. The van der Waals surface area contributed by atoms with E-state index in [0.29, 0.717) is 30.3 Å². The molecule has 0 aromatic heterocycles. The van der Waals surface area contributed by atoms with Gasteiger partial charge in [-0.15, -0.1) is 0 Å². The lowest BCUT2D eigenvalue weighted by molar-refractivity contribution is -0.134. The molecule has 0 bridgehead atoms. The predicted molar refractivity (Wildman–Crippen MR) is 63.7 cm³/mol. The Morgan fingerprint density at radius 1 is 1.22 bits per heavy atom. The highest BCUT2D eigenvalue weighted by Crippen LogP contribution is 2.31. The van der Waals surface area contributed by atoms with Crippen LogP contribution in [-0.2, 0) is 9.59 Å². The van der Waals surface area contributed by atoms with Crippen molar-refractivity contribution in [3.63, 3.8) is 0 Å². The molecule has 1 aromatic carbocycles. The van der Waals surface area contributed by atoms with E-state index in [1.165, 1.54) is 13.0 Å². The van der Waals surface area contributed by atoms with Crippen molar-refractivity contribution in [1.82, 2.24) is 0 Å². The first kappa shape index (κ1) is 12.2. The quantitative estimate of drug-likeness (QED) is 0.498. The zero-order valence-electron chi connectivity index (χ0n) is 9.80. The van der Waals surface area contributed by atoms with Crippen LogP contribution in [0.1, 0.15) is 12.5 Å². The van der Waals surface area contributed by atoms with Gasteiger partial charge in [0.25, 0.3) is 0 Å². The summed E-state index contributed by atoms with van der Waals surface area (Å²) in [5, 5.41) is 8.90. The number of fused-ring (bicyclic) bond motifs is 1. The molecule has 1 aliphatic heterocycles. The Bertz CT molecular complexity index is 514. The molecule has 0 fully saturated rings. The van der Waals surface area contributed by atoms with Crippen LogP contribution in [0.3, 0.4) is 0 Å². The second kappa shape index (κ2) is 4.91. The fourth-order valence-electron chi connectivity index (χ4n) is 1.63. The topological polar surface area (TPSA) is 72.8 Å². The minimum absolute atomic E-state index is 0.258. The van der Waals surface area contributed by atoms with Crippen LogP contribution < -0.4 is 9.47 Å². The predicted octanol–water partition coefficient (Wildman–Crippen LogP) is 1.51. The Hall–Kier alpha value is -2.30. The monoisotopic (exact) mass is 248 g/mol. The van der Waals surface area contributed by atoms with E-state index in [9.17, 15) is 9.59 Å². The minimum atomic E-state index is -1.24. The van der Waals surface area contributed by atoms with Crippen LogP contribution in [-0.4, -0.2) is 30.1 Å². The molecule has 1 aliphatic rings. The van der Waals surface area contributed by atoms with Crippen LogP contribution >= 0.6 is 0 Å². The Kier molecular flexibility index (Phi) is 3.32.